The van der Waals surface area contributed by atoms with Crippen LogP contribution in [0.25, 0.3) is 16.9 Å². The number of hydrogen-bond donors (Lipinski definition) is 0. The van der Waals surface area contributed by atoms with Crippen molar-refractivity contribution in [1.82, 2.24) is 14.5 Å². The summed E-state index contributed by atoms with van der Waals surface area (Å²) in [5, 5.41) is 0. The number of amides is 1. The van der Waals surface area contributed by atoms with E-state index in [1.54, 1.807) is 0 Å². The first-order chi connectivity index (χ1) is 20.1. The van der Waals surface area contributed by atoms with Gasteiger partial charge in [-0.3, -0.25) is 4.79 Å². The minimum atomic E-state index is -4.87. The molecule has 0 spiro atoms. The Morgan fingerprint density at radius 2 is 1.71 bits per heavy atom. The Kier molecular flexibility index (Phi) is 10.0. The predicted molar refractivity (Wildman–Crippen MR) is 152 cm³/mol. The Morgan fingerprint density at radius 1 is 1.00 bits per heavy atom. The lowest BCUT2D eigenvalue weighted by Gasteiger charge is -2.29. The monoisotopic (exact) mass is 583 g/mol. The van der Waals surface area contributed by atoms with Crippen molar-refractivity contribution < 1.29 is 31.8 Å². The molecule has 1 atom stereocenters. The summed E-state index contributed by atoms with van der Waals surface area (Å²) in [4.78, 5) is 20.1. The summed E-state index contributed by atoms with van der Waals surface area (Å²) in [5.74, 6) is -0.557. The van der Waals surface area contributed by atoms with Crippen LogP contribution < -0.4 is 4.74 Å². The first kappa shape index (κ1) is 30.8. The number of alkyl halides is 3. The molecule has 10 heteroatoms. The van der Waals surface area contributed by atoms with Gasteiger partial charge in [0, 0.05) is 30.6 Å². The number of hydrogen-bond acceptors (Lipinski definition) is 4. The number of aromatic nitrogens is 2. The zero-order valence-corrected chi connectivity index (χ0v) is 23.7. The third-order valence-electron chi connectivity index (χ3n) is 6.76. The molecule has 1 aromatic heterocycles. The third-order valence-corrected chi connectivity index (χ3v) is 6.76. The van der Waals surface area contributed by atoms with Crippen LogP contribution in [0.3, 0.4) is 0 Å². The SMILES string of the molecule is CCOCCN(C(=O)Cc1ccc(F)c(C(F)(F)F)c1)[C@H](C)c1nc(-c2ccccc2)cn1-c1ccc(OCC)cc1. The number of halogens is 4. The summed E-state index contributed by atoms with van der Waals surface area (Å²) >= 11 is 0. The largest absolute Gasteiger partial charge is 0.494 e. The fourth-order valence-electron chi connectivity index (χ4n) is 4.67. The highest BCUT2D eigenvalue weighted by atomic mass is 19.4. The third kappa shape index (κ3) is 7.36. The smallest absolute Gasteiger partial charge is 0.419 e. The van der Waals surface area contributed by atoms with Gasteiger partial charge in [-0.2, -0.15) is 13.2 Å². The molecule has 1 heterocycles. The molecule has 0 aliphatic heterocycles. The van der Waals surface area contributed by atoms with Crippen molar-refractivity contribution in [2.75, 3.05) is 26.4 Å². The van der Waals surface area contributed by atoms with Gasteiger partial charge in [0.15, 0.2) is 0 Å². The highest BCUT2D eigenvalue weighted by molar-refractivity contribution is 5.79. The Morgan fingerprint density at radius 3 is 2.36 bits per heavy atom. The average molecular weight is 584 g/mol. The van der Waals surface area contributed by atoms with Gasteiger partial charge in [-0.05, 0) is 62.7 Å². The highest BCUT2D eigenvalue weighted by Gasteiger charge is 2.34. The van der Waals surface area contributed by atoms with Crippen LogP contribution >= 0.6 is 0 Å². The van der Waals surface area contributed by atoms with Gasteiger partial charge < -0.3 is 18.9 Å². The molecule has 0 unspecified atom stereocenters. The second kappa shape index (κ2) is 13.7. The molecule has 0 N–H and O–H groups in total. The maximum Gasteiger partial charge on any atom is 0.419 e. The topological polar surface area (TPSA) is 56.6 Å². The molecule has 1 amide bonds. The van der Waals surface area contributed by atoms with Gasteiger partial charge in [-0.1, -0.05) is 36.4 Å². The second-order valence-corrected chi connectivity index (χ2v) is 9.60. The van der Waals surface area contributed by atoms with Gasteiger partial charge in [-0.15, -0.1) is 0 Å². The molecule has 42 heavy (non-hydrogen) atoms. The van der Waals surface area contributed by atoms with E-state index in [-0.39, 0.29) is 25.1 Å². The van der Waals surface area contributed by atoms with Gasteiger partial charge >= 0.3 is 6.18 Å². The van der Waals surface area contributed by atoms with Gasteiger partial charge in [0.2, 0.25) is 5.91 Å². The number of imidazole rings is 1. The summed E-state index contributed by atoms with van der Waals surface area (Å²) in [7, 11) is 0. The first-order valence-electron chi connectivity index (χ1n) is 13.7. The molecular weight excluding hydrogens is 550 g/mol. The van der Waals surface area contributed by atoms with E-state index in [1.165, 1.54) is 11.0 Å². The maximum absolute atomic E-state index is 13.9. The number of ether oxygens (including phenoxy) is 2. The van der Waals surface area contributed by atoms with Crippen LogP contribution in [0, 0.1) is 5.82 Å². The molecule has 3 aromatic carbocycles. The van der Waals surface area contributed by atoms with E-state index in [2.05, 4.69) is 0 Å². The Bertz CT molecular complexity index is 1470. The van der Waals surface area contributed by atoms with E-state index in [0.29, 0.717) is 36.5 Å². The van der Waals surface area contributed by atoms with Crippen LogP contribution in [0.1, 0.15) is 43.8 Å². The molecule has 0 saturated heterocycles. The van der Waals surface area contributed by atoms with Gasteiger partial charge in [0.25, 0.3) is 0 Å². The molecule has 0 fully saturated rings. The van der Waals surface area contributed by atoms with Crippen molar-refractivity contribution in [1.29, 1.82) is 0 Å². The van der Waals surface area contributed by atoms with Gasteiger partial charge in [-0.25, -0.2) is 9.37 Å². The Labute approximate surface area is 242 Å². The van der Waals surface area contributed by atoms with E-state index in [0.717, 1.165) is 17.3 Å². The molecule has 0 saturated carbocycles. The zero-order valence-electron chi connectivity index (χ0n) is 23.7. The predicted octanol–water partition coefficient (Wildman–Crippen LogP) is 7.26. The standard InChI is InChI=1S/C32H33F4N3O3/c1-4-41-18-17-38(30(40)20-23-11-16-28(33)27(19-23)32(34,35)36)22(3)31-37-29(24-9-7-6-8-10-24)21-39(31)25-12-14-26(15-13-25)42-5-2/h6-16,19,21-22H,4-5,17-18,20H2,1-3H3/t22-/m1/s1. The molecule has 4 aromatic rings. The van der Waals surface area contributed by atoms with Crippen molar-refractivity contribution in [2.24, 2.45) is 0 Å². The van der Waals surface area contributed by atoms with Crippen LogP contribution in [-0.2, 0) is 22.1 Å². The summed E-state index contributed by atoms with van der Waals surface area (Å²) in [6.07, 6.45) is -3.34. The van der Waals surface area contributed by atoms with E-state index < -0.39 is 29.5 Å². The molecule has 0 bridgehead atoms. The zero-order chi connectivity index (χ0) is 30.3. The maximum atomic E-state index is 13.9. The number of rotatable bonds is 12. The minimum absolute atomic E-state index is 0.0576. The van der Waals surface area contributed by atoms with E-state index >= 15 is 0 Å². The summed E-state index contributed by atoms with van der Waals surface area (Å²) in [5.41, 5.74) is 1.02. The van der Waals surface area contributed by atoms with Crippen molar-refractivity contribution in [2.45, 2.75) is 39.4 Å². The minimum Gasteiger partial charge on any atom is -0.494 e. The van der Waals surface area contributed by atoms with Crippen LogP contribution in [0.2, 0.25) is 0 Å². The van der Waals surface area contributed by atoms with Crippen molar-refractivity contribution in [3.05, 3.63) is 102 Å². The van der Waals surface area contributed by atoms with Gasteiger partial charge in [0.05, 0.1) is 36.9 Å². The van der Waals surface area contributed by atoms with Crippen LogP contribution in [0.15, 0.2) is 79.0 Å². The van der Waals surface area contributed by atoms with Crippen LogP contribution in [-0.4, -0.2) is 46.7 Å². The lowest BCUT2D eigenvalue weighted by molar-refractivity contribution is -0.140. The van der Waals surface area contributed by atoms with E-state index in [4.69, 9.17) is 14.5 Å². The molecule has 0 radical (unpaired) electrons. The van der Waals surface area contributed by atoms with Gasteiger partial charge in [0.1, 0.15) is 17.4 Å². The normalized spacial score (nSPS) is 12.3. The summed E-state index contributed by atoms with van der Waals surface area (Å²) < 4.78 is 66.9. The lowest BCUT2D eigenvalue weighted by atomic mass is 10.1. The fourth-order valence-corrected chi connectivity index (χ4v) is 4.67. The summed E-state index contributed by atoms with van der Waals surface area (Å²) in [6.45, 7) is 6.91. The lowest BCUT2D eigenvalue weighted by Crippen LogP contribution is -2.38. The average Bonchev–Trinajstić information content (AvgIpc) is 3.42. The Hall–Kier alpha value is -4.18. The molecule has 0 aliphatic carbocycles. The van der Waals surface area contributed by atoms with Crippen LogP contribution in [0.4, 0.5) is 17.6 Å². The number of nitrogens with zero attached hydrogens (tertiary/aromatic N) is 3. The van der Waals surface area contributed by atoms with Crippen molar-refractivity contribution >= 4 is 5.91 Å². The van der Waals surface area contributed by atoms with Crippen molar-refractivity contribution in [3.63, 3.8) is 0 Å². The molecule has 222 valence electrons. The van der Waals surface area contributed by atoms with Crippen LogP contribution in [0.5, 0.6) is 5.75 Å². The van der Waals surface area contributed by atoms with E-state index in [1.807, 2.05) is 86.1 Å². The number of carbonyl (C=O) groups is 1. The quantitative estimate of drug-likeness (QED) is 0.130. The second-order valence-electron chi connectivity index (χ2n) is 9.60. The molecule has 4 rings (SSSR count). The fraction of sp³-hybridized carbons (Fsp3) is 0.312. The molecule has 6 nitrogen and oxygen atoms in total. The number of carbonyl (C=O) groups excluding carboxylic acids is 1. The highest BCUT2D eigenvalue weighted by Crippen LogP contribution is 2.33. The summed E-state index contributed by atoms with van der Waals surface area (Å²) in [6, 6.07) is 19.1. The molecular formula is C32H33F4N3O3. The molecule has 0 aliphatic rings. The Balaban J connectivity index is 1.72. The number of benzene rings is 3. The van der Waals surface area contributed by atoms with E-state index in [9.17, 15) is 22.4 Å². The van der Waals surface area contributed by atoms with Crippen molar-refractivity contribution in [3.8, 4) is 22.7 Å². The first-order valence-corrected chi connectivity index (χ1v) is 13.7.